The molecule has 0 aromatic heterocycles. The summed E-state index contributed by atoms with van der Waals surface area (Å²) in [5.74, 6) is 0. The van der Waals surface area contributed by atoms with Crippen molar-refractivity contribution in [1.29, 1.82) is 0 Å². The monoisotopic (exact) mass is 84.1 g/mol. The molecule has 0 unspecified atom stereocenters. The maximum atomic E-state index is 8.58. The lowest BCUT2D eigenvalue weighted by molar-refractivity contribution is 1.16. The Hall–Kier alpha value is -0.330. The van der Waals surface area contributed by atoms with Gasteiger partial charge in [0, 0.05) is 5.71 Å². The van der Waals surface area contributed by atoms with Crippen LogP contribution in [-0.2, 0) is 0 Å². The first-order valence-corrected chi connectivity index (χ1v) is 2.34. The topological polar surface area (TPSA) is 22.3 Å². The van der Waals surface area contributed by atoms with Crippen LogP contribution in [0.2, 0.25) is 0 Å². The number of rotatable bonds is 2. The van der Waals surface area contributed by atoms with Crippen LogP contribution >= 0.6 is 0 Å². The van der Waals surface area contributed by atoms with Crippen LogP contribution in [0.25, 0.3) is 0 Å². The van der Waals surface area contributed by atoms with Gasteiger partial charge in [-0.3, -0.25) is 0 Å². The Bertz CT molecular complexity index is 41.9. The van der Waals surface area contributed by atoms with Crippen molar-refractivity contribution in [2.75, 3.05) is 0 Å². The third kappa shape index (κ3) is 1.94. The molecule has 0 rings (SSSR count). The molecule has 1 nitrogen and oxygen atoms in total. The van der Waals surface area contributed by atoms with E-state index in [-0.39, 0.29) is 0 Å². The first-order valence-electron chi connectivity index (χ1n) is 2.34. The van der Waals surface area contributed by atoms with Crippen LogP contribution in [0.15, 0.2) is 0 Å². The Morgan fingerprint density at radius 2 is 1.67 bits per heavy atom. The molecule has 1 radical (unpaired) electrons. The van der Waals surface area contributed by atoms with Crippen molar-refractivity contribution in [3.05, 3.63) is 0 Å². The minimum Gasteiger partial charge on any atom is -0.160 e. The predicted molar refractivity (Wildman–Crippen MR) is 27.7 cm³/mol. The lowest BCUT2D eigenvalue weighted by Gasteiger charge is -1.84. The number of hydrogen-bond acceptors (Lipinski definition) is 0. The van der Waals surface area contributed by atoms with Crippen LogP contribution in [0.3, 0.4) is 0 Å². The second-order valence-electron chi connectivity index (χ2n) is 1.27. The standard InChI is InChI=1S/C5H10N/c1-3-5(6)4-2/h3-4H2,1-2H3. The quantitative estimate of drug-likeness (QED) is 0.446. The van der Waals surface area contributed by atoms with Crippen molar-refractivity contribution >= 4 is 5.71 Å². The molecule has 0 aromatic carbocycles. The minimum atomic E-state index is 0.593. The van der Waals surface area contributed by atoms with Crippen LogP contribution < -0.4 is 5.41 Å². The third-order valence-electron chi connectivity index (χ3n) is 0.816. The van der Waals surface area contributed by atoms with E-state index in [1.807, 2.05) is 13.8 Å². The summed E-state index contributed by atoms with van der Waals surface area (Å²) < 4.78 is 0. The molecule has 0 N–H and O–H groups in total. The van der Waals surface area contributed by atoms with Crippen molar-refractivity contribution in [2.24, 2.45) is 0 Å². The van der Waals surface area contributed by atoms with Gasteiger partial charge in [0.05, 0.1) is 0 Å². The van der Waals surface area contributed by atoms with Crippen molar-refractivity contribution in [3.63, 3.8) is 0 Å². The van der Waals surface area contributed by atoms with Gasteiger partial charge in [-0.15, -0.1) is 0 Å². The zero-order valence-corrected chi connectivity index (χ0v) is 4.36. The summed E-state index contributed by atoms with van der Waals surface area (Å²) in [6.07, 6.45) is 1.60. The van der Waals surface area contributed by atoms with E-state index in [0.717, 1.165) is 12.8 Å². The van der Waals surface area contributed by atoms with Crippen LogP contribution in [0.5, 0.6) is 0 Å². The third-order valence-corrected chi connectivity index (χ3v) is 0.816. The fraction of sp³-hybridized carbons (Fsp3) is 0.800. The summed E-state index contributed by atoms with van der Waals surface area (Å²) >= 11 is 0. The molecule has 0 saturated heterocycles. The minimum absolute atomic E-state index is 0.593. The molecule has 0 spiro atoms. The largest absolute Gasteiger partial charge is 0.160 e. The van der Waals surface area contributed by atoms with Gasteiger partial charge in [-0.2, -0.15) is 5.41 Å². The molecular weight excluding hydrogens is 74.1 g/mol. The SMILES string of the molecule is CCC(=[N])CC. The normalized spacial score (nSPS) is 8.33. The maximum absolute atomic E-state index is 8.58. The predicted octanol–water partition coefficient (Wildman–Crippen LogP) is 1.05. The zero-order chi connectivity index (χ0) is 4.99. The van der Waals surface area contributed by atoms with Gasteiger partial charge < -0.3 is 0 Å². The Kier molecular flexibility index (Phi) is 2.73. The van der Waals surface area contributed by atoms with Gasteiger partial charge in [-0.05, 0) is 12.8 Å². The van der Waals surface area contributed by atoms with Gasteiger partial charge in [0.1, 0.15) is 0 Å². The highest BCUT2D eigenvalue weighted by Gasteiger charge is 1.82. The van der Waals surface area contributed by atoms with Gasteiger partial charge in [0.15, 0.2) is 0 Å². The maximum Gasteiger partial charge on any atom is 0.0400 e. The molecule has 0 saturated carbocycles. The molecule has 0 fully saturated rings. The van der Waals surface area contributed by atoms with Crippen LogP contribution in [0, 0.1) is 0 Å². The van der Waals surface area contributed by atoms with Crippen molar-refractivity contribution in [3.8, 4) is 0 Å². The van der Waals surface area contributed by atoms with Gasteiger partial charge >= 0.3 is 0 Å². The average molecular weight is 84.1 g/mol. The summed E-state index contributed by atoms with van der Waals surface area (Å²) in [7, 11) is 0. The molecule has 0 aliphatic heterocycles. The fourth-order valence-electron chi connectivity index (χ4n) is 0.250. The fourth-order valence-corrected chi connectivity index (χ4v) is 0.250. The molecule has 0 amide bonds. The second kappa shape index (κ2) is 2.88. The van der Waals surface area contributed by atoms with E-state index >= 15 is 0 Å². The van der Waals surface area contributed by atoms with Gasteiger partial charge in [0.2, 0.25) is 0 Å². The average Bonchev–Trinajstić information content (AvgIpc) is 1.65. The smallest absolute Gasteiger partial charge is 0.0400 e. The van der Waals surface area contributed by atoms with E-state index in [2.05, 4.69) is 0 Å². The van der Waals surface area contributed by atoms with Crippen molar-refractivity contribution in [2.45, 2.75) is 26.7 Å². The Labute approximate surface area is 38.9 Å². The van der Waals surface area contributed by atoms with E-state index in [9.17, 15) is 0 Å². The Morgan fingerprint density at radius 1 is 1.33 bits per heavy atom. The van der Waals surface area contributed by atoms with E-state index in [1.165, 1.54) is 0 Å². The molecule has 35 valence electrons. The molecule has 0 atom stereocenters. The molecule has 6 heavy (non-hydrogen) atoms. The van der Waals surface area contributed by atoms with E-state index < -0.39 is 0 Å². The van der Waals surface area contributed by atoms with E-state index in [0.29, 0.717) is 5.71 Å². The number of nitrogens with zero attached hydrogens (tertiary/aromatic N) is 1. The van der Waals surface area contributed by atoms with E-state index in [1.54, 1.807) is 0 Å². The summed E-state index contributed by atoms with van der Waals surface area (Å²) in [6, 6.07) is 0. The van der Waals surface area contributed by atoms with Crippen LogP contribution in [-0.4, -0.2) is 5.71 Å². The molecule has 0 aliphatic rings. The molecule has 1 heteroatoms. The first-order chi connectivity index (χ1) is 2.81. The van der Waals surface area contributed by atoms with Crippen molar-refractivity contribution in [1.82, 2.24) is 5.41 Å². The number of hydrogen-bond donors (Lipinski definition) is 0. The van der Waals surface area contributed by atoms with Crippen molar-refractivity contribution < 1.29 is 0 Å². The summed E-state index contributed by atoms with van der Waals surface area (Å²) in [5, 5.41) is 8.58. The molecule has 0 bridgehead atoms. The highest BCUT2D eigenvalue weighted by Crippen LogP contribution is 1.81. The van der Waals surface area contributed by atoms with Crippen LogP contribution in [0.4, 0.5) is 0 Å². The highest BCUT2D eigenvalue weighted by atomic mass is 14.4. The van der Waals surface area contributed by atoms with Gasteiger partial charge in [-0.25, -0.2) is 0 Å². The zero-order valence-electron chi connectivity index (χ0n) is 4.36. The lowest BCUT2D eigenvalue weighted by atomic mass is 10.2. The molecular formula is C5H10N. The summed E-state index contributed by atoms with van der Waals surface area (Å²) in [6.45, 7) is 3.89. The van der Waals surface area contributed by atoms with Crippen LogP contribution in [0.1, 0.15) is 26.7 Å². The first kappa shape index (κ1) is 5.67. The van der Waals surface area contributed by atoms with Gasteiger partial charge in [0.25, 0.3) is 0 Å². The molecule has 0 heterocycles. The van der Waals surface area contributed by atoms with E-state index in [4.69, 9.17) is 5.41 Å². The summed E-state index contributed by atoms with van der Waals surface area (Å²) in [5.41, 5.74) is 0.593. The molecule has 0 aliphatic carbocycles. The summed E-state index contributed by atoms with van der Waals surface area (Å²) in [4.78, 5) is 0. The van der Waals surface area contributed by atoms with Gasteiger partial charge in [-0.1, -0.05) is 13.8 Å². The lowest BCUT2D eigenvalue weighted by Crippen LogP contribution is -1.91. The Balaban J connectivity index is 2.99. The molecule has 0 aromatic rings. The highest BCUT2D eigenvalue weighted by molar-refractivity contribution is 5.81. The Morgan fingerprint density at radius 3 is 1.67 bits per heavy atom. The second-order valence-corrected chi connectivity index (χ2v) is 1.27.